The van der Waals surface area contributed by atoms with Gasteiger partial charge in [0.2, 0.25) is 0 Å². The van der Waals surface area contributed by atoms with Gasteiger partial charge < -0.3 is 35.3 Å². The van der Waals surface area contributed by atoms with E-state index in [4.69, 9.17) is 5.73 Å². The van der Waals surface area contributed by atoms with Crippen LogP contribution in [-0.4, -0.2) is 15.4 Å². The van der Waals surface area contributed by atoms with Crippen LogP contribution in [-0.2, 0) is 30.6 Å². The molecule has 144 valence electrons. The fourth-order valence-electron chi connectivity index (χ4n) is 2.44. The molecule has 0 aliphatic heterocycles. The molecule has 1 N–H and O–H groups in total. The van der Waals surface area contributed by atoms with Crippen molar-refractivity contribution in [3.8, 4) is 0 Å². The summed E-state index contributed by atoms with van der Waals surface area (Å²) >= 11 is 0. The fraction of sp³-hybridized carbons (Fsp3) is 0.333. The number of hydrogen-bond donors (Lipinski definition) is 0. The van der Waals surface area contributed by atoms with E-state index in [1.165, 1.54) is 21.5 Å². The minimum absolute atomic E-state index is 0. The first kappa shape index (κ1) is 31.2. The summed E-state index contributed by atoms with van der Waals surface area (Å²) in [6, 6.07) is 19.3. The molecule has 0 unspecified atom stereocenters. The topological polar surface area (TPSA) is 40.9 Å². The van der Waals surface area contributed by atoms with Crippen LogP contribution >= 0.6 is 0 Å². The Hall–Kier alpha value is -0.553. The summed E-state index contributed by atoms with van der Waals surface area (Å²) in [5.74, 6) is -0.432. The smallest absolute Gasteiger partial charge is 1.00 e. The van der Waals surface area contributed by atoms with Gasteiger partial charge in [0.05, 0.1) is 0 Å². The third-order valence-electron chi connectivity index (χ3n) is 3.53. The summed E-state index contributed by atoms with van der Waals surface area (Å²) in [5.41, 5.74) is 6.52. The Morgan fingerprint density at radius 2 is 1.33 bits per heavy atom. The van der Waals surface area contributed by atoms with E-state index >= 15 is 0 Å². The maximum Gasteiger partial charge on any atom is 4.00 e. The number of carbonyl (C=O) groups excluding carboxylic acids is 1. The number of carbonyl (C=O) groups is 1. The van der Waals surface area contributed by atoms with Gasteiger partial charge in [-0.2, -0.15) is 0 Å². The van der Waals surface area contributed by atoms with Crippen molar-refractivity contribution in [1.29, 1.82) is 0 Å². The number of hydrogen-bond acceptors (Lipinski definition) is 1. The van der Waals surface area contributed by atoms with E-state index in [-0.39, 0.29) is 50.7 Å². The zero-order valence-electron chi connectivity index (χ0n) is 16.2. The minimum atomic E-state index is -0.432. The number of halogens is 2. The van der Waals surface area contributed by atoms with Crippen LogP contribution in [0, 0.1) is 0 Å². The summed E-state index contributed by atoms with van der Waals surface area (Å²) in [7, 11) is 1.08. The molecule has 0 saturated heterocycles. The second kappa shape index (κ2) is 18.8. The number of fused-ring (bicyclic) bond motifs is 3. The van der Waals surface area contributed by atoms with Crippen LogP contribution in [0.1, 0.15) is 32.6 Å². The Bertz CT molecular complexity index is 699. The standard InChI is InChI=1S/C13H9.C6H13NO.C2H6Si.2ClH.Hf/c1-3-7-12-10(5-1)9-11-6-2-4-8-13(11)12;1-2-3-4-5-6(7)8;1-3-2;;;/h1-9H;2-5H2,1H3,(H2,7,8);1-2H3;2*1H;/q-1;;;;;+4/p-3. The van der Waals surface area contributed by atoms with Crippen molar-refractivity contribution in [3.05, 3.63) is 60.3 Å². The quantitative estimate of drug-likeness (QED) is 0.252. The first-order valence-corrected chi connectivity index (χ1v) is 10.5. The van der Waals surface area contributed by atoms with Gasteiger partial charge in [0.15, 0.2) is 0 Å². The van der Waals surface area contributed by atoms with Crippen molar-refractivity contribution >= 4 is 37.0 Å². The number of amides is 1. The van der Waals surface area contributed by atoms with Gasteiger partial charge in [-0.1, -0.05) is 69.3 Å². The molecule has 3 rings (SSSR count). The monoisotopic (exact) mass is 587 g/mol. The van der Waals surface area contributed by atoms with Crippen LogP contribution in [0.2, 0.25) is 13.1 Å². The van der Waals surface area contributed by atoms with E-state index in [9.17, 15) is 4.79 Å². The molecule has 0 heterocycles. The molecule has 27 heavy (non-hydrogen) atoms. The predicted octanol–water partition coefficient (Wildman–Crippen LogP) is 0.650. The van der Waals surface area contributed by atoms with Crippen molar-refractivity contribution < 1.29 is 55.5 Å². The Kier molecular flexibility index (Phi) is 21.7. The Labute approximate surface area is 197 Å². The molecular formula is C21H27Cl2HfNOSi. The normalized spacial score (nSPS) is 8.70. The van der Waals surface area contributed by atoms with E-state index in [1.54, 1.807) is 0 Å². The summed E-state index contributed by atoms with van der Waals surface area (Å²) in [5, 5.41) is 5.39. The molecule has 0 saturated carbocycles. The minimum Gasteiger partial charge on any atom is -1.00 e. The average Bonchev–Trinajstić information content (AvgIpc) is 2.95. The fourth-order valence-corrected chi connectivity index (χ4v) is 2.44. The van der Waals surface area contributed by atoms with Gasteiger partial charge in [-0.05, 0) is 12.8 Å². The molecular weight excluding hydrogens is 560 g/mol. The Morgan fingerprint density at radius 3 is 1.70 bits per heavy atom. The van der Waals surface area contributed by atoms with E-state index in [2.05, 4.69) is 74.6 Å². The van der Waals surface area contributed by atoms with Crippen LogP contribution in [0.15, 0.2) is 54.6 Å². The Morgan fingerprint density at radius 1 is 0.926 bits per heavy atom. The second-order valence-electron chi connectivity index (χ2n) is 5.70. The first-order chi connectivity index (χ1) is 11.6. The third-order valence-corrected chi connectivity index (χ3v) is 3.53. The van der Waals surface area contributed by atoms with Crippen LogP contribution in [0.5, 0.6) is 0 Å². The van der Waals surface area contributed by atoms with Gasteiger partial charge in [0, 0.05) is 15.4 Å². The summed E-state index contributed by atoms with van der Waals surface area (Å²) in [6.45, 7) is 6.38. The Balaban J connectivity index is -0.000000366. The zero-order valence-corrected chi connectivity index (χ0v) is 22.3. The van der Waals surface area contributed by atoms with E-state index < -0.39 is 5.91 Å². The molecule has 0 atom stereocenters. The summed E-state index contributed by atoms with van der Waals surface area (Å²) in [4.78, 5) is 9.99. The van der Waals surface area contributed by atoms with Gasteiger partial charge in [-0.3, -0.25) is 0 Å². The van der Waals surface area contributed by atoms with Crippen LogP contribution < -0.4 is 24.8 Å². The second-order valence-corrected chi connectivity index (χ2v) is 6.70. The van der Waals surface area contributed by atoms with Gasteiger partial charge in [0.25, 0.3) is 0 Å². The predicted molar refractivity (Wildman–Crippen MR) is 108 cm³/mol. The summed E-state index contributed by atoms with van der Waals surface area (Å²) in [6.07, 6.45) is 3.52. The number of benzene rings is 2. The number of rotatable bonds is 4. The zero-order chi connectivity index (χ0) is 17.8. The molecule has 1 amide bonds. The van der Waals surface area contributed by atoms with Crippen LogP contribution in [0.3, 0.4) is 0 Å². The molecule has 2 radical (unpaired) electrons. The molecule has 0 aliphatic carbocycles. The van der Waals surface area contributed by atoms with E-state index in [1.807, 2.05) is 0 Å². The SMILES string of the molecule is CCCCCC([NH-])=O.C[Si]C.[Cl-].[Cl-].[Hf+4].c1ccc2c(c1)[cH-]c1ccccc12. The molecule has 6 heteroatoms. The van der Waals surface area contributed by atoms with Crippen molar-refractivity contribution in [3.63, 3.8) is 0 Å². The molecule has 3 aromatic rings. The van der Waals surface area contributed by atoms with Gasteiger partial charge >= 0.3 is 25.8 Å². The third kappa shape index (κ3) is 11.8. The van der Waals surface area contributed by atoms with Crippen molar-refractivity contribution in [2.45, 2.75) is 45.7 Å². The maximum absolute atomic E-state index is 9.99. The van der Waals surface area contributed by atoms with Crippen molar-refractivity contribution in [2.24, 2.45) is 0 Å². The first-order valence-electron chi connectivity index (χ1n) is 8.50. The van der Waals surface area contributed by atoms with Crippen LogP contribution in [0.4, 0.5) is 0 Å². The molecule has 0 spiro atoms. The van der Waals surface area contributed by atoms with Crippen molar-refractivity contribution in [2.75, 3.05) is 0 Å². The van der Waals surface area contributed by atoms with E-state index in [0.717, 1.165) is 28.8 Å². The van der Waals surface area contributed by atoms with Gasteiger partial charge in [-0.15, -0.1) is 39.7 Å². The summed E-state index contributed by atoms with van der Waals surface area (Å²) < 4.78 is 0. The van der Waals surface area contributed by atoms with Gasteiger partial charge in [-0.25, -0.2) is 0 Å². The molecule has 0 bridgehead atoms. The molecule has 3 aromatic carbocycles. The van der Waals surface area contributed by atoms with Crippen molar-refractivity contribution in [1.82, 2.24) is 0 Å². The maximum atomic E-state index is 9.99. The largest absolute Gasteiger partial charge is 4.00 e. The molecule has 0 fully saturated rings. The molecule has 0 aliphatic rings. The average molecular weight is 587 g/mol. The van der Waals surface area contributed by atoms with Crippen LogP contribution in [0.25, 0.3) is 27.3 Å². The number of nitrogens with one attached hydrogen (secondary N) is 1. The van der Waals surface area contributed by atoms with E-state index in [0.29, 0.717) is 6.42 Å². The molecule has 0 aromatic heterocycles. The van der Waals surface area contributed by atoms with Gasteiger partial charge in [0.1, 0.15) is 0 Å². The molecule has 2 nitrogen and oxygen atoms in total. The number of unbranched alkanes of at least 4 members (excludes halogenated alkanes) is 2.